The Morgan fingerprint density at radius 3 is 2.11 bits per heavy atom. The molecule has 2 saturated heterocycles. The summed E-state index contributed by atoms with van der Waals surface area (Å²) in [6, 6.07) is 25.8. The van der Waals surface area contributed by atoms with E-state index in [-0.39, 0.29) is 12.3 Å². The summed E-state index contributed by atoms with van der Waals surface area (Å²) >= 11 is 0. The summed E-state index contributed by atoms with van der Waals surface area (Å²) in [7, 11) is 1.55. The smallest absolute Gasteiger partial charge is 0.269 e. The van der Waals surface area contributed by atoms with E-state index in [2.05, 4.69) is 0 Å². The van der Waals surface area contributed by atoms with Crippen molar-refractivity contribution in [3.05, 3.63) is 112 Å². The van der Waals surface area contributed by atoms with E-state index in [0.29, 0.717) is 13.2 Å². The third-order valence-corrected chi connectivity index (χ3v) is 6.46. The van der Waals surface area contributed by atoms with Gasteiger partial charge in [-0.2, -0.15) is 0 Å². The van der Waals surface area contributed by atoms with Crippen molar-refractivity contribution in [3.8, 4) is 0 Å². The first kappa shape index (κ1) is 25.5. The summed E-state index contributed by atoms with van der Waals surface area (Å²) < 4.78 is 37.0. The van der Waals surface area contributed by atoms with Crippen molar-refractivity contribution in [2.45, 2.75) is 50.2 Å². The molecule has 6 atom stereocenters. The third kappa shape index (κ3) is 6.04. The highest BCUT2D eigenvalue weighted by Gasteiger charge is 2.51. The summed E-state index contributed by atoms with van der Waals surface area (Å²) in [6.45, 7) is 0.847. The Balaban J connectivity index is 1.37. The molecule has 5 rings (SSSR count). The molecule has 194 valence electrons. The summed E-state index contributed by atoms with van der Waals surface area (Å²) in [5.41, 5.74) is 2.72. The fraction of sp³-hybridized carbons (Fsp3) is 0.357. The molecule has 0 saturated carbocycles. The molecular formula is C28H29NO8. The van der Waals surface area contributed by atoms with Gasteiger partial charge in [0.25, 0.3) is 5.69 Å². The number of hydrogen-bond donors (Lipinski definition) is 0. The molecule has 4 unspecified atom stereocenters. The molecule has 9 nitrogen and oxygen atoms in total. The number of hydrogen-bond acceptors (Lipinski definition) is 8. The maximum absolute atomic E-state index is 11.0. The minimum atomic E-state index is -0.722. The second-order valence-electron chi connectivity index (χ2n) is 8.92. The Kier molecular flexibility index (Phi) is 8.20. The fourth-order valence-corrected chi connectivity index (χ4v) is 4.55. The molecule has 37 heavy (non-hydrogen) atoms. The molecule has 0 N–H and O–H groups in total. The molecule has 0 radical (unpaired) electrons. The Labute approximate surface area is 215 Å². The number of nitro groups is 1. The number of benzene rings is 3. The van der Waals surface area contributed by atoms with Crippen LogP contribution in [0.2, 0.25) is 0 Å². The minimum Gasteiger partial charge on any atom is -0.368 e. The Hall–Kier alpha value is -3.18. The van der Waals surface area contributed by atoms with E-state index in [9.17, 15) is 10.1 Å². The maximum atomic E-state index is 11.0. The molecule has 3 aromatic rings. The molecule has 3 aromatic carbocycles. The number of non-ortho nitro benzene ring substituents is 1. The minimum absolute atomic E-state index is 0.0222. The normalized spacial score (nSPS) is 27.4. The number of rotatable bonds is 9. The van der Waals surface area contributed by atoms with Crippen molar-refractivity contribution in [1.82, 2.24) is 0 Å². The summed E-state index contributed by atoms with van der Waals surface area (Å²) in [4.78, 5) is 10.6. The van der Waals surface area contributed by atoms with Crippen LogP contribution in [-0.4, -0.2) is 49.3 Å². The van der Waals surface area contributed by atoms with Crippen LogP contribution in [0.3, 0.4) is 0 Å². The SMILES string of the molecule is CO[C@H]1OC2COC(c3ccccc3)O[C@H]2C(OCc2ccccc2)C1OCc1ccc([N+](=O)[O-])cc1. The first-order valence-corrected chi connectivity index (χ1v) is 12.1. The Morgan fingerprint density at radius 1 is 0.838 bits per heavy atom. The lowest BCUT2D eigenvalue weighted by Gasteiger charge is -2.48. The molecule has 0 amide bonds. The largest absolute Gasteiger partial charge is 0.368 e. The first-order chi connectivity index (χ1) is 18.1. The van der Waals surface area contributed by atoms with Gasteiger partial charge in [0.1, 0.15) is 24.4 Å². The molecule has 0 aromatic heterocycles. The van der Waals surface area contributed by atoms with Gasteiger partial charge in [0.2, 0.25) is 0 Å². The van der Waals surface area contributed by atoms with Crippen molar-refractivity contribution < 1.29 is 33.3 Å². The van der Waals surface area contributed by atoms with Crippen molar-refractivity contribution in [2.75, 3.05) is 13.7 Å². The van der Waals surface area contributed by atoms with E-state index < -0.39 is 41.9 Å². The van der Waals surface area contributed by atoms with E-state index in [0.717, 1.165) is 16.7 Å². The molecule has 2 heterocycles. The number of methoxy groups -OCH3 is 1. The van der Waals surface area contributed by atoms with Crippen LogP contribution in [0.1, 0.15) is 23.0 Å². The first-order valence-electron chi connectivity index (χ1n) is 12.1. The zero-order chi connectivity index (χ0) is 25.6. The fourth-order valence-electron chi connectivity index (χ4n) is 4.55. The average Bonchev–Trinajstić information content (AvgIpc) is 2.95. The highest BCUT2D eigenvalue weighted by atomic mass is 16.8. The Morgan fingerprint density at radius 2 is 1.46 bits per heavy atom. The van der Waals surface area contributed by atoms with Gasteiger partial charge in [-0.3, -0.25) is 10.1 Å². The Bertz CT molecular complexity index is 1140. The molecule has 0 spiro atoms. The van der Waals surface area contributed by atoms with E-state index in [1.54, 1.807) is 19.2 Å². The van der Waals surface area contributed by atoms with Crippen LogP contribution in [0.25, 0.3) is 0 Å². The highest BCUT2D eigenvalue weighted by Crippen LogP contribution is 2.37. The van der Waals surface area contributed by atoms with Gasteiger partial charge in [0.05, 0.1) is 24.7 Å². The van der Waals surface area contributed by atoms with Crippen LogP contribution in [0, 0.1) is 10.1 Å². The van der Waals surface area contributed by atoms with Crippen molar-refractivity contribution in [3.63, 3.8) is 0 Å². The topological polar surface area (TPSA) is 98.5 Å². The summed E-state index contributed by atoms with van der Waals surface area (Å²) in [5.74, 6) is 0. The number of nitro benzene ring substituents is 1. The van der Waals surface area contributed by atoms with Gasteiger partial charge in [-0.25, -0.2) is 0 Å². The number of fused-ring (bicyclic) bond motifs is 1. The quantitative estimate of drug-likeness (QED) is 0.307. The molecule has 2 aliphatic rings. The molecule has 2 aliphatic heterocycles. The summed E-state index contributed by atoms with van der Waals surface area (Å²) in [6.07, 6.45) is -3.33. The lowest BCUT2D eigenvalue weighted by atomic mass is 9.97. The zero-order valence-electron chi connectivity index (χ0n) is 20.4. The molecule has 9 heteroatoms. The van der Waals surface area contributed by atoms with Gasteiger partial charge >= 0.3 is 0 Å². The van der Waals surface area contributed by atoms with Gasteiger partial charge in [0, 0.05) is 24.8 Å². The summed E-state index contributed by atoms with van der Waals surface area (Å²) in [5, 5.41) is 11.0. The molecule has 0 bridgehead atoms. The van der Waals surface area contributed by atoms with Crippen molar-refractivity contribution in [1.29, 1.82) is 0 Å². The zero-order valence-corrected chi connectivity index (χ0v) is 20.4. The van der Waals surface area contributed by atoms with Gasteiger partial charge < -0.3 is 28.4 Å². The van der Waals surface area contributed by atoms with Crippen molar-refractivity contribution in [2.24, 2.45) is 0 Å². The molecular weight excluding hydrogens is 478 g/mol. The van der Waals surface area contributed by atoms with E-state index in [1.807, 2.05) is 60.7 Å². The van der Waals surface area contributed by atoms with Gasteiger partial charge in [0.15, 0.2) is 12.6 Å². The second-order valence-corrected chi connectivity index (χ2v) is 8.92. The monoisotopic (exact) mass is 507 g/mol. The van der Waals surface area contributed by atoms with Crippen LogP contribution in [0.5, 0.6) is 0 Å². The third-order valence-electron chi connectivity index (χ3n) is 6.46. The maximum Gasteiger partial charge on any atom is 0.269 e. The van der Waals surface area contributed by atoms with E-state index in [1.165, 1.54) is 12.1 Å². The highest BCUT2D eigenvalue weighted by molar-refractivity contribution is 5.32. The van der Waals surface area contributed by atoms with Crippen LogP contribution in [0.15, 0.2) is 84.9 Å². The number of nitrogens with zero attached hydrogens (tertiary/aromatic N) is 1. The van der Waals surface area contributed by atoms with Crippen LogP contribution in [-0.2, 0) is 41.6 Å². The van der Waals surface area contributed by atoms with Crippen LogP contribution in [0.4, 0.5) is 5.69 Å². The predicted molar refractivity (Wildman–Crippen MR) is 132 cm³/mol. The predicted octanol–water partition coefficient (Wildman–Crippen LogP) is 4.55. The van der Waals surface area contributed by atoms with Gasteiger partial charge in [-0.15, -0.1) is 0 Å². The average molecular weight is 508 g/mol. The number of ether oxygens (including phenoxy) is 6. The second kappa shape index (κ2) is 11.9. The molecule has 2 fully saturated rings. The molecule has 0 aliphatic carbocycles. The van der Waals surface area contributed by atoms with Crippen molar-refractivity contribution >= 4 is 5.69 Å². The van der Waals surface area contributed by atoms with Crippen LogP contribution >= 0.6 is 0 Å². The van der Waals surface area contributed by atoms with E-state index >= 15 is 0 Å². The van der Waals surface area contributed by atoms with Gasteiger partial charge in [-0.05, 0) is 23.3 Å². The van der Waals surface area contributed by atoms with E-state index in [4.69, 9.17) is 28.4 Å². The lowest BCUT2D eigenvalue weighted by molar-refractivity contribution is -0.384. The standard InChI is InChI=1S/C28H29NO8/c1-32-28-26(34-17-20-12-14-22(15-13-20)29(30)31)25(33-16-19-8-4-2-5-9-19)24-23(36-28)18-35-27(37-24)21-10-6-3-7-11-21/h2-15,23-28H,16-18H2,1H3/t23?,24-,25?,26?,27?,28+/m1/s1. The van der Waals surface area contributed by atoms with Gasteiger partial charge in [-0.1, -0.05) is 60.7 Å². The lowest BCUT2D eigenvalue weighted by Crippen LogP contribution is -2.63. The van der Waals surface area contributed by atoms with Crippen LogP contribution < -0.4 is 0 Å².